The van der Waals surface area contributed by atoms with Crippen LogP contribution in [0.25, 0.3) is 0 Å². The molecule has 0 aliphatic heterocycles. The minimum absolute atomic E-state index is 0.769. The molecule has 0 spiro atoms. The van der Waals surface area contributed by atoms with Gasteiger partial charge in [0.1, 0.15) is 0 Å². The van der Waals surface area contributed by atoms with E-state index in [9.17, 15) is 0 Å². The lowest BCUT2D eigenvalue weighted by Crippen LogP contribution is -2.45. The van der Waals surface area contributed by atoms with E-state index in [4.69, 9.17) is 0 Å². The first kappa shape index (κ1) is 13.9. The van der Waals surface area contributed by atoms with E-state index in [2.05, 4.69) is 12.2 Å². The van der Waals surface area contributed by atoms with E-state index in [1.54, 1.807) is 0 Å². The van der Waals surface area contributed by atoms with Crippen LogP contribution in [-0.2, 0) is 0 Å². The van der Waals surface area contributed by atoms with E-state index in [0.29, 0.717) is 0 Å². The first-order chi connectivity index (χ1) is 9.33. The standard InChI is InChI=1S/C18H33N/c1-14(15-7-3-2-4-8-15)19-18-12-11-16-9-5-6-10-17(16)13-18/h14-19H,2-13H2,1H3. The van der Waals surface area contributed by atoms with Gasteiger partial charge in [0.2, 0.25) is 0 Å². The van der Waals surface area contributed by atoms with Gasteiger partial charge in [-0.1, -0.05) is 44.9 Å². The molecular weight excluding hydrogens is 230 g/mol. The molecule has 0 aromatic carbocycles. The van der Waals surface area contributed by atoms with Gasteiger partial charge in [-0.15, -0.1) is 0 Å². The van der Waals surface area contributed by atoms with Crippen molar-refractivity contribution in [1.82, 2.24) is 5.32 Å². The molecule has 3 aliphatic rings. The Morgan fingerprint density at radius 3 is 2.21 bits per heavy atom. The fraction of sp³-hybridized carbons (Fsp3) is 1.00. The number of nitrogens with one attached hydrogen (secondary N) is 1. The topological polar surface area (TPSA) is 12.0 Å². The normalized spacial score (nSPS) is 38.7. The van der Waals surface area contributed by atoms with Gasteiger partial charge in [-0.25, -0.2) is 0 Å². The molecule has 3 aliphatic carbocycles. The third kappa shape index (κ3) is 3.54. The highest BCUT2D eigenvalue weighted by molar-refractivity contribution is 4.88. The Labute approximate surface area is 119 Å². The van der Waals surface area contributed by atoms with Crippen molar-refractivity contribution in [1.29, 1.82) is 0 Å². The molecule has 0 aromatic heterocycles. The van der Waals surface area contributed by atoms with Gasteiger partial charge in [-0.05, 0) is 56.8 Å². The van der Waals surface area contributed by atoms with E-state index in [-0.39, 0.29) is 0 Å². The van der Waals surface area contributed by atoms with Crippen LogP contribution in [0.3, 0.4) is 0 Å². The van der Waals surface area contributed by atoms with Crippen molar-refractivity contribution in [3.05, 3.63) is 0 Å². The molecule has 3 saturated carbocycles. The zero-order valence-electron chi connectivity index (χ0n) is 12.9. The van der Waals surface area contributed by atoms with Crippen LogP contribution in [0.4, 0.5) is 0 Å². The average Bonchev–Trinajstić information content (AvgIpc) is 2.48. The third-order valence-corrected chi connectivity index (χ3v) is 6.40. The molecule has 110 valence electrons. The lowest BCUT2D eigenvalue weighted by atomic mass is 9.69. The Morgan fingerprint density at radius 1 is 0.737 bits per heavy atom. The molecule has 0 heterocycles. The number of hydrogen-bond acceptors (Lipinski definition) is 1. The Balaban J connectivity index is 1.47. The highest BCUT2D eigenvalue weighted by Gasteiger charge is 2.33. The molecule has 3 fully saturated rings. The summed E-state index contributed by atoms with van der Waals surface area (Å²) in [6, 6.07) is 1.61. The first-order valence-electron chi connectivity index (χ1n) is 9.09. The fourth-order valence-electron chi connectivity index (χ4n) is 5.17. The van der Waals surface area contributed by atoms with Gasteiger partial charge in [-0.2, -0.15) is 0 Å². The monoisotopic (exact) mass is 263 g/mol. The molecule has 1 nitrogen and oxygen atoms in total. The van der Waals surface area contributed by atoms with E-state index >= 15 is 0 Å². The number of fused-ring (bicyclic) bond motifs is 1. The van der Waals surface area contributed by atoms with Crippen LogP contribution in [0, 0.1) is 17.8 Å². The van der Waals surface area contributed by atoms with Crippen LogP contribution >= 0.6 is 0 Å². The molecule has 1 heteroatoms. The van der Waals surface area contributed by atoms with E-state index < -0.39 is 0 Å². The molecular formula is C18H33N. The zero-order valence-corrected chi connectivity index (χ0v) is 12.9. The molecule has 0 aromatic rings. The van der Waals surface area contributed by atoms with Crippen molar-refractivity contribution in [2.24, 2.45) is 17.8 Å². The van der Waals surface area contributed by atoms with Gasteiger partial charge < -0.3 is 5.32 Å². The van der Waals surface area contributed by atoms with Crippen molar-refractivity contribution in [2.75, 3.05) is 0 Å². The Hall–Kier alpha value is -0.0400. The summed E-state index contributed by atoms with van der Waals surface area (Å²) in [5, 5.41) is 4.02. The maximum Gasteiger partial charge on any atom is 0.00724 e. The second kappa shape index (κ2) is 6.61. The second-order valence-corrected chi connectivity index (χ2v) is 7.67. The number of rotatable bonds is 3. The fourth-order valence-corrected chi connectivity index (χ4v) is 5.17. The van der Waals surface area contributed by atoms with Crippen LogP contribution in [0.2, 0.25) is 0 Å². The van der Waals surface area contributed by atoms with Crippen LogP contribution in [0.15, 0.2) is 0 Å². The van der Waals surface area contributed by atoms with Gasteiger partial charge in [0.05, 0.1) is 0 Å². The van der Waals surface area contributed by atoms with Crippen LogP contribution in [-0.4, -0.2) is 12.1 Å². The summed E-state index contributed by atoms with van der Waals surface area (Å²) < 4.78 is 0. The van der Waals surface area contributed by atoms with Crippen LogP contribution < -0.4 is 5.32 Å². The van der Waals surface area contributed by atoms with E-state index in [1.165, 1.54) is 77.0 Å². The maximum absolute atomic E-state index is 4.02. The Morgan fingerprint density at radius 2 is 1.42 bits per heavy atom. The quantitative estimate of drug-likeness (QED) is 0.763. The largest absolute Gasteiger partial charge is 0.311 e. The third-order valence-electron chi connectivity index (χ3n) is 6.40. The summed E-state index contributed by atoms with van der Waals surface area (Å²) in [4.78, 5) is 0. The molecule has 0 bridgehead atoms. The lowest BCUT2D eigenvalue weighted by Gasteiger charge is -2.41. The van der Waals surface area contributed by atoms with Crippen LogP contribution in [0.1, 0.15) is 84.0 Å². The maximum atomic E-state index is 4.02. The predicted molar refractivity (Wildman–Crippen MR) is 82.3 cm³/mol. The Bertz CT molecular complexity index is 269. The summed E-state index contributed by atoms with van der Waals surface area (Å²) >= 11 is 0. The smallest absolute Gasteiger partial charge is 0.00724 e. The summed E-state index contributed by atoms with van der Waals surface area (Å²) in [5.74, 6) is 3.13. The number of hydrogen-bond donors (Lipinski definition) is 1. The first-order valence-corrected chi connectivity index (χ1v) is 9.09. The van der Waals surface area contributed by atoms with Gasteiger partial charge >= 0.3 is 0 Å². The van der Waals surface area contributed by atoms with Crippen molar-refractivity contribution >= 4 is 0 Å². The van der Waals surface area contributed by atoms with Crippen molar-refractivity contribution in [3.63, 3.8) is 0 Å². The minimum Gasteiger partial charge on any atom is -0.311 e. The lowest BCUT2D eigenvalue weighted by molar-refractivity contribution is 0.131. The highest BCUT2D eigenvalue weighted by atomic mass is 15.0. The van der Waals surface area contributed by atoms with E-state index in [1.807, 2.05) is 0 Å². The minimum atomic E-state index is 0.769. The summed E-state index contributed by atoms with van der Waals surface area (Å²) in [6.07, 6.45) is 17.9. The van der Waals surface area contributed by atoms with Gasteiger partial charge in [0.25, 0.3) is 0 Å². The summed E-state index contributed by atoms with van der Waals surface area (Å²) in [7, 11) is 0. The molecule has 4 atom stereocenters. The van der Waals surface area contributed by atoms with Gasteiger partial charge in [0, 0.05) is 12.1 Å². The highest BCUT2D eigenvalue weighted by Crippen LogP contribution is 2.40. The second-order valence-electron chi connectivity index (χ2n) is 7.67. The summed E-state index contributed by atoms with van der Waals surface area (Å²) in [5.41, 5.74) is 0. The predicted octanol–water partition coefficient (Wildman–Crippen LogP) is 4.90. The molecule has 0 radical (unpaired) electrons. The molecule has 4 unspecified atom stereocenters. The van der Waals surface area contributed by atoms with Crippen molar-refractivity contribution in [3.8, 4) is 0 Å². The van der Waals surface area contributed by atoms with E-state index in [0.717, 1.165) is 29.8 Å². The average molecular weight is 263 g/mol. The molecule has 3 rings (SSSR count). The molecule has 19 heavy (non-hydrogen) atoms. The Kier molecular flexibility index (Phi) is 4.84. The van der Waals surface area contributed by atoms with Crippen molar-refractivity contribution < 1.29 is 0 Å². The van der Waals surface area contributed by atoms with Crippen LogP contribution in [0.5, 0.6) is 0 Å². The van der Waals surface area contributed by atoms with Crippen molar-refractivity contribution in [2.45, 2.75) is 96.1 Å². The summed E-state index contributed by atoms with van der Waals surface area (Å²) in [6.45, 7) is 2.46. The molecule has 1 N–H and O–H groups in total. The van der Waals surface area contributed by atoms with Gasteiger partial charge in [-0.3, -0.25) is 0 Å². The van der Waals surface area contributed by atoms with Gasteiger partial charge in [0.15, 0.2) is 0 Å². The molecule has 0 amide bonds. The molecule has 0 saturated heterocycles. The SMILES string of the molecule is CC(NC1CCC2CCCCC2C1)C1CCCCC1. The zero-order chi connectivity index (χ0) is 13.1.